The second kappa shape index (κ2) is 4.85. The summed E-state index contributed by atoms with van der Waals surface area (Å²) in [5, 5.41) is 2.91. The topological polar surface area (TPSA) is 64.3 Å². The number of carbonyl (C=O) groups is 1. The van der Waals surface area contributed by atoms with Gasteiger partial charge in [0.1, 0.15) is 0 Å². The van der Waals surface area contributed by atoms with Gasteiger partial charge in [-0.25, -0.2) is 0 Å². The molecule has 0 saturated carbocycles. The molecule has 1 aliphatic heterocycles. The van der Waals surface area contributed by atoms with E-state index in [4.69, 9.17) is 10.5 Å². The zero-order chi connectivity index (χ0) is 12.4. The van der Waals surface area contributed by atoms with Crippen LogP contribution < -0.4 is 11.1 Å². The Kier molecular flexibility index (Phi) is 3.45. The van der Waals surface area contributed by atoms with Crippen LogP contribution in [0.3, 0.4) is 0 Å². The number of hydrogen-bond acceptors (Lipinski definition) is 3. The number of amides is 1. The summed E-state index contributed by atoms with van der Waals surface area (Å²) >= 11 is 0. The van der Waals surface area contributed by atoms with Crippen LogP contribution in [0.15, 0.2) is 18.2 Å². The smallest absolute Gasteiger partial charge is 0.231 e. The first-order valence-electron chi connectivity index (χ1n) is 5.79. The summed E-state index contributed by atoms with van der Waals surface area (Å²) in [6.07, 6.45) is 0. The van der Waals surface area contributed by atoms with E-state index in [1.54, 1.807) is 0 Å². The zero-order valence-corrected chi connectivity index (χ0v) is 10.2. The first kappa shape index (κ1) is 12.1. The second-order valence-corrected chi connectivity index (χ2v) is 4.62. The number of ether oxygens (including phenoxy) is 1. The van der Waals surface area contributed by atoms with Crippen molar-refractivity contribution >= 4 is 11.6 Å². The van der Waals surface area contributed by atoms with E-state index in [-0.39, 0.29) is 17.9 Å². The average Bonchev–Trinajstić information content (AvgIpc) is 2.68. The summed E-state index contributed by atoms with van der Waals surface area (Å²) < 4.78 is 5.19. The maximum atomic E-state index is 12.0. The Hall–Kier alpha value is -1.39. The molecule has 1 aliphatic rings. The SMILES string of the molecule is Cc1ccc(NC(=O)C2COCC2N)c(C)c1. The molecule has 0 spiro atoms. The number of hydrogen-bond donors (Lipinski definition) is 2. The van der Waals surface area contributed by atoms with Crippen molar-refractivity contribution in [1.82, 2.24) is 0 Å². The highest BCUT2D eigenvalue weighted by Crippen LogP contribution is 2.19. The molecule has 0 bridgehead atoms. The summed E-state index contributed by atoms with van der Waals surface area (Å²) in [5.74, 6) is -0.294. The quantitative estimate of drug-likeness (QED) is 0.808. The van der Waals surface area contributed by atoms with Crippen LogP contribution in [0.4, 0.5) is 5.69 Å². The molecule has 2 atom stereocenters. The van der Waals surface area contributed by atoms with Crippen molar-refractivity contribution in [3.05, 3.63) is 29.3 Å². The Morgan fingerprint density at radius 2 is 2.18 bits per heavy atom. The lowest BCUT2D eigenvalue weighted by atomic mass is 10.0. The van der Waals surface area contributed by atoms with Crippen molar-refractivity contribution in [1.29, 1.82) is 0 Å². The molecule has 1 aromatic carbocycles. The van der Waals surface area contributed by atoms with Gasteiger partial charge < -0.3 is 15.8 Å². The molecule has 92 valence electrons. The molecule has 1 amide bonds. The predicted octanol–water partition coefficient (Wildman–Crippen LogP) is 1.22. The Balaban J connectivity index is 2.07. The van der Waals surface area contributed by atoms with Crippen LogP contribution >= 0.6 is 0 Å². The summed E-state index contributed by atoms with van der Waals surface area (Å²) in [7, 11) is 0. The molecule has 3 N–H and O–H groups in total. The highest BCUT2D eigenvalue weighted by Gasteiger charge is 2.31. The monoisotopic (exact) mass is 234 g/mol. The summed E-state index contributed by atoms with van der Waals surface area (Å²) in [4.78, 5) is 12.0. The Morgan fingerprint density at radius 3 is 2.76 bits per heavy atom. The van der Waals surface area contributed by atoms with Crippen LogP contribution in [0.1, 0.15) is 11.1 Å². The van der Waals surface area contributed by atoms with Crippen LogP contribution in [0.2, 0.25) is 0 Å². The number of carbonyl (C=O) groups excluding carboxylic acids is 1. The van der Waals surface area contributed by atoms with Gasteiger partial charge in [-0.2, -0.15) is 0 Å². The van der Waals surface area contributed by atoms with Gasteiger partial charge in [-0.05, 0) is 25.5 Å². The maximum absolute atomic E-state index is 12.0. The minimum Gasteiger partial charge on any atom is -0.379 e. The third kappa shape index (κ3) is 2.65. The standard InChI is InChI=1S/C13H18N2O2/c1-8-3-4-12(9(2)5-8)15-13(16)10-6-17-7-11(10)14/h3-5,10-11H,6-7,14H2,1-2H3,(H,15,16). The van der Waals surface area contributed by atoms with Crippen LogP contribution in [0.5, 0.6) is 0 Å². The number of rotatable bonds is 2. The third-order valence-corrected chi connectivity index (χ3v) is 3.10. The maximum Gasteiger partial charge on any atom is 0.231 e. The van der Waals surface area contributed by atoms with Gasteiger partial charge in [-0.1, -0.05) is 17.7 Å². The fourth-order valence-corrected chi connectivity index (χ4v) is 2.02. The van der Waals surface area contributed by atoms with Crippen molar-refractivity contribution in [2.45, 2.75) is 19.9 Å². The fourth-order valence-electron chi connectivity index (χ4n) is 2.02. The first-order valence-corrected chi connectivity index (χ1v) is 5.79. The van der Waals surface area contributed by atoms with Gasteiger partial charge >= 0.3 is 0 Å². The molecule has 17 heavy (non-hydrogen) atoms. The normalized spacial score (nSPS) is 23.7. The lowest BCUT2D eigenvalue weighted by molar-refractivity contribution is -0.120. The number of benzene rings is 1. The van der Waals surface area contributed by atoms with Crippen molar-refractivity contribution in [2.75, 3.05) is 18.5 Å². The molecule has 2 unspecified atom stereocenters. The van der Waals surface area contributed by atoms with Crippen molar-refractivity contribution in [3.63, 3.8) is 0 Å². The Bertz CT molecular complexity index is 431. The van der Waals surface area contributed by atoms with Crippen LogP contribution in [-0.2, 0) is 9.53 Å². The molecule has 0 aromatic heterocycles. The minimum atomic E-state index is -0.240. The molecule has 1 heterocycles. The van der Waals surface area contributed by atoms with Gasteiger partial charge in [-0.15, -0.1) is 0 Å². The summed E-state index contributed by atoms with van der Waals surface area (Å²) in [6.45, 7) is 4.88. The lowest BCUT2D eigenvalue weighted by Crippen LogP contribution is -2.37. The molecule has 1 saturated heterocycles. The molecule has 4 heteroatoms. The second-order valence-electron chi connectivity index (χ2n) is 4.62. The Morgan fingerprint density at radius 1 is 1.41 bits per heavy atom. The van der Waals surface area contributed by atoms with Crippen molar-refractivity contribution in [2.24, 2.45) is 11.7 Å². The molecule has 1 aromatic rings. The molecule has 0 aliphatic carbocycles. The zero-order valence-electron chi connectivity index (χ0n) is 10.2. The van der Waals surface area contributed by atoms with Gasteiger partial charge in [0, 0.05) is 11.7 Å². The highest BCUT2D eigenvalue weighted by molar-refractivity contribution is 5.94. The molecule has 1 fully saturated rings. The number of aryl methyl sites for hydroxylation is 2. The number of nitrogens with two attached hydrogens (primary N) is 1. The van der Waals surface area contributed by atoms with Crippen LogP contribution in [0, 0.1) is 19.8 Å². The van der Waals surface area contributed by atoms with Crippen LogP contribution in [0.25, 0.3) is 0 Å². The molecular formula is C13H18N2O2. The molecule has 2 rings (SSSR count). The predicted molar refractivity (Wildman–Crippen MR) is 66.8 cm³/mol. The van der Waals surface area contributed by atoms with E-state index in [0.29, 0.717) is 13.2 Å². The fraction of sp³-hybridized carbons (Fsp3) is 0.462. The highest BCUT2D eigenvalue weighted by atomic mass is 16.5. The van der Waals surface area contributed by atoms with E-state index in [1.165, 1.54) is 5.56 Å². The van der Waals surface area contributed by atoms with Gasteiger partial charge in [0.25, 0.3) is 0 Å². The van der Waals surface area contributed by atoms with E-state index in [2.05, 4.69) is 5.32 Å². The largest absolute Gasteiger partial charge is 0.379 e. The average molecular weight is 234 g/mol. The molecule has 4 nitrogen and oxygen atoms in total. The summed E-state index contributed by atoms with van der Waals surface area (Å²) in [5.41, 5.74) is 8.90. The van der Waals surface area contributed by atoms with Gasteiger partial charge in [0.2, 0.25) is 5.91 Å². The van der Waals surface area contributed by atoms with Crippen LogP contribution in [-0.4, -0.2) is 25.2 Å². The Labute approximate surface area is 101 Å². The lowest BCUT2D eigenvalue weighted by Gasteiger charge is -2.15. The van der Waals surface area contributed by atoms with Crippen molar-refractivity contribution in [3.8, 4) is 0 Å². The van der Waals surface area contributed by atoms with E-state index < -0.39 is 0 Å². The van der Waals surface area contributed by atoms with E-state index in [0.717, 1.165) is 11.3 Å². The summed E-state index contributed by atoms with van der Waals surface area (Å²) in [6, 6.07) is 5.75. The number of nitrogens with one attached hydrogen (secondary N) is 1. The minimum absolute atomic E-state index is 0.0537. The number of anilines is 1. The van der Waals surface area contributed by atoms with E-state index in [1.807, 2.05) is 32.0 Å². The van der Waals surface area contributed by atoms with E-state index in [9.17, 15) is 4.79 Å². The molecular weight excluding hydrogens is 216 g/mol. The van der Waals surface area contributed by atoms with Crippen molar-refractivity contribution < 1.29 is 9.53 Å². The van der Waals surface area contributed by atoms with Gasteiger partial charge in [0.15, 0.2) is 0 Å². The third-order valence-electron chi connectivity index (χ3n) is 3.10. The van der Waals surface area contributed by atoms with E-state index >= 15 is 0 Å². The van der Waals surface area contributed by atoms with Gasteiger partial charge in [0.05, 0.1) is 19.1 Å². The first-order chi connectivity index (χ1) is 8.08. The molecule has 0 radical (unpaired) electrons. The van der Waals surface area contributed by atoms with Gasteiger partial charge in [-0.3, -0.25) is 4.79 Å².